The van der Waals surface area contributed by atoms with Crippen molar-refractivity contribution in [3.63, 3.8) is 0 Å². The molecule has 0 aromatic heterocycles. The molecule has 1 fully saturated rings. The van der Waals surface area contributed by atoms with E-state index in [1.54, 1.807) is 0 Å². The average Bonchev–Trinajstić information content (AvgIpc) is 2.36. The molecule has 0 heterocycles. The Morgan fingerprint density at radius 1 is 1.60 bits per heavy atom. The largest absolute Gasteiger partial charge is 0.378 e. The van der Waals surface area contributed by atoms with E-state index < -0.39 is 0 Å². The first-order chi connectivity index (χ1) is 4.88. The van der Waals surface area contributed by atoms with Crippen LogP contribution in [0.1, 0.15) is 26.2 Å². The quantitative estimate of drug-likeness (QED) is 0.556. The Kier molecular flexibility index (Phi) is 2.87. The summed E-state index contributed by atoms with van der Waals surface area (Å²) in [6.45, 7) is 2.70. The summed E-state index contributed by atoms with van der Waals surface area (Å²) in [6.07, 6.45) is 4.50. The van der Waals surface area contributed by atoms with Gasteiger partial charge in [0.05, 0.1) is 6.10 Å². The second kappa shape index (κ2) is 3.71. The number of hydrogen-bond acceptors (Lipinski definition) is 2. The monoisotopic (exact) mass is 142 g/mol. The maximum Gasteiger partial charge on any atom is 0.125 e. The molecule has 0 N–H and O–H groups in total. The van der Waals surface area contributed by atoms with Crippen molar-refractivity contribution in [1.29, 1.82) is 0 Å². The molecule has 1 aliphatic carbocycles. The fourth-order valence-electron chi connectivity index (χ4n) is 1.53. The third kappa shape index (κ3) is 1.57. The Labute approximate surface area is 61.6 Å². The molecule has 0 saturated heterocycles. The number of carbonyl (C=O) groups excluding carboxylic acids is 1. The maximum absolute atomic E-state index is 10.4. The van der Waals surface area contributed by atoms with Crippen molar-refractivity contribution in [2.24, 2.45) is 5.92 Å². The minimum atomic E-state index is 0.181. The molecule has 0 aliphatic heterocycles. The van der Waals surface area contributed by atoms with Crippen LogP contribution in [0.2, 0.25) is 0 Å². The van der Waals surface area contributed by atoms with Crippen molar-refractivity contribution in [3.05, 3.63) is 0 Å². The topological polar surface area (TPSA) is 26.3 Å². The molecule has 2 heteroatoms. The molecule has 0 aromatic rings. The summed E-state index contributed by atoms with van der Waals surface area (Å²) >= 11 is 0. The predicted octanol–water partition coefficient (Wildman–Crippen LogP) is 1.39. The summed E-state index contributed by atoms with van der Waals surface area (Å²) in [4.78, 5) is 10.4. The van der Waals surface area contributed by atoms with E-state index in [2.05, 4.69) is 0 Å². The molecule has 0 bridgehead atoms. The summed E-state index contributed by atoms with van der Waals surface area (Å²) < 4.78 is 5.38. The standard InChI is InChI=1S/C8H14O2/c1-2-10-8-5-3-4-7(8)6-9/h6-8H,2-5H2,1H3. The molecule has 58 valence electrons. The van der Waals surface area contributed by atoms with Crippen LogP contribution < -0.4 is 0 Å². The van der Waals surface area contributed by atoms with Crippen LogP contribution in [-0.4, -0.2) is 19.0 Å². The lowest BCUT2D eigenvalue weighted by molar-refractivity contribution is -0.114. The Morgan fingerprint density at radius 2 is 2.40 bits per heavy atom. The van der Waals surface area contributed by atoms with Crippen molar-refractivity contribution < 1.29 is 9.53 Å². The molecule has 0 aromatic carbocycles. The van der Waals surface area contributed by atoms with Crippen LogP contribution >= 0.6 is 0 Å². The van der Waals surface area contributed by atoms with E-state index in [1.807, 2.05) is 6.92 Å². The normalized spacial score (nSPS) is 32.5. The van der Waals surface area contributed by atoms with Gasteiger partial charge in [-0.05, 0) is 19.8 Å². The highest BCUT2D eigenvalue weighted by molar-refractivity contribution is 5.55. The molecule has 10 heavy (non-hydrogen) atoms. The second-order valence-electron chi connectivity index (χ2n) is 2.72. The third-order valence-electron chi connectivity index (χ3n) is 2.06. The van der Waals surface area contributed by atoms with E-state index in [0.717, 1.165) is 32.2 Å². The summed E-state index contributed by atoms with van der Waals surface area (Å²) in [6, 6.07) is 0. The van der Waals surface area contributed by atoms with Gasteiger partial charge in [-0.15, -0.1) is 0 Å². The van der Waals surface area contributed by atoms with Gasteiger partial charge in [-0.2, -0.15) is 0 Å². The fraction of sp³-hybridized carbons (Fsp3) is 0.875. The van der Waals surface area contributed by atoms with Gasteiger partial charge in [-0.3, -0.25) is 0 Å². The van der Waals surface area contributed by atoms with Crippen molar-refractivity contribution in [1.82, 2.24) is 0 Å². The van der Waals surface area contributed by atoms with Crippen LogP contribution in [0, 0.1) is 5.92 Å². The van der Waals surface area contributed by atoms with E-state index in [0.29, 0.717) is 0 Å². The Hall–Kier alpha value is -0.370. The SMILES string of the molecule is CCOC1CCCC1C=O. The van der Waals surface area contributed by atoms with Gasteiger partial charge < -0.3 is 9.53 Å². The van der Waals surface area contributed by atoms with Crippen molar-refractivity contribution in [3.8, 4) is 0 Å². The number of hydrogen-bond donors (Lipinski definition) is 0. The molecule has 2 nitrogen and oxygen atoms in total. The van der Waals surface area contributed by atoms with Gasteiger partial charge in [-0.1, -0.05) is 6.42 Å². The van der Waals surface area contributed by atoms with Gasteiger partial charge in [-0.25, -0.2) is 0 Å². The number of aldehydes is 1. The first-order valence-electron chi connectivity index (χ1n) is 3.95. The molecule has 1 rings (SSSR count). The highest BCUT2D eigenvalue weighted by Crippen LogP contribution is 2.26. The van der Waals surface area contributed by atoms with Gasteiger partial charge in [0.2, 0.25) is 0 Å². The number of carbonyl (C=O) groups is 1. The molecule has 0 amide bonds. The lowest BCUT2D eigenvalue weighted by Gasteiger charge is -2.12. The molecule has 2 atom stereocenters. The first-order valence-corrected chi connectivity index (χ1v) is 3.95. The highest BCUT2D eigenvalue weighted by atomic mass is 16.5. The Morgan fingerprint density at radius 3 is 3.00 bits per heavy atom. The molecular weight excluding hydrogens is 128 g/mol. The molecule has 1 saturated carbocycles. The van der Waals surface area contributed by atoms with E-state index >= 15 is 0 Å². The fourth-order valence-corrected chi connectivity index (χ4v) is 1.53. The van der Waals surface area contributed by atoms with Gasteiger partial charge >= 0.3 is 0 Å². The van der Waals surface area contributed by atoms with E-state index in [-0.39, 0.29) is 12.0 Å². The summed E-state index contributed by atoms with van der Waals surface area (Å²) in [5.41, 5.74) is 0. The molecule has 0 spiro atoms. The lowest BCUT2D eigenvalue weighted by atomic mass is 10.1. The summed E-state index contributed by atoms with van der Waals surface area (Å²) in [5.74, 6) is 0.181. The van der Waals surface area contributed by atoms with Crippen LogP contribution in [0.15, 0.2) is 0 Å². The smallest absolute Gasteiger partial charge is 0.125 e. The molecule has 1 aliphatic rings. The highest BCUT2D eigenvalue weighted by Gasteiger charge is 2.26. The zero-order valence-corrected chi connectivity index (χ0v) is 6.38. The van der Waals surface area contributed by atoms with Crippen molar-refractivity contribution in [2.45, 2.75) is 32.3 Å². The number of rotatable bonds is 3. The predicted molar refractivity (Wildman–Crippen MR) is 38.8 cm³/mol. The third-order valence-corrected chi connectivity index (χ3v) is 2.06. The second-order valence-corrected chi connectivity index (χ2v) is 2.72. The van der Waals surface area contributed by atoms with Crippen LogP contribution in [-0.2, 0) is 9.53 Å². The lowest BCUT2D eigenvalue weighted by Crippen LogP contribution is -2.18. The van der Waals surface area contributed by atoms with Gasteiger partial charge in [0.15, 0.2) is 0 Å². The van der Waals surface area contributed by atoms with Crippen LogP contribution in [0.5, 0.6) is 0 Å². The van der Waals surface area contributed by atoms with Crippen molar-refractivity contribution in [2.75, 3.05) is 6.61 Å². The van der Waals surface area contributed by atoms with E-state index in [9.17, 15) is 4.79 Å². The molecule has 0 radical (unpaired) electrons. The van der Waals surface area contributed by atoms with Crippen LogP contribution in [0.3, 0.4) is 0 Å². The zero-order chi connectivity index (χ0) is 7.40. The van der Waals surface area contributed by atoms with E-state index in [1.165, 1.54) is 0 Å². The first kappa shape index (κ1) is 7.73. The maximum atomic E-state index is 10.4. The van der Waals surface area contributed by atoms with E-state index in [4.69, 9.17) is 4.74 Å². The Balaban J connectivity index is 2.34. The zero-order valence-electron chi connectivity index (χ0n) is 6.38. The molecular formula is C8H14O2. The van der Waals surface area contributed by atoms with Crippen LogP contribution in [0.4, 0.5) is 0 Å². The summed E-state index contributed by atoms with van der Waals surface area (Å²) in [5, 5.41) is 0. The van der Waals surface area contributed by atoms with Crippen molar-refractivity contribution >= 4 is 6.29 Å². The minimum Gasteiger partial charge on any atom is -0.378 e. The summed E-state index contributed by atoms with van der Waals surface area (Å²) in [7, 11) is 0. The Bertz CT molecular complexity index is 112. The van der Waals surface area contributed by atoms with Gasteiger partial charge in [0.1, 0.15) is 6.29 Å². The van der Waals surface area contributed by atoms with Crippen LogP contribution in [0.25, 0.3) is 0 Å². The van der Waals surface area contributed by atoms with Gasteiger partial charge in [0, 0.05) is 12.5 Å². The van der Waals surface area contributed by atoms with Gasteiger partial charge in [0.25, 0.3) is 0 Å². The minimum absolute atomic E-state index is 0.181. The average molecular weight is 142 g/mol. The molecule has 2 unspecified atom stereocenters. The number of ether oxygens (including phenoxy) is 1.